The van der Waals surface area contributed by atoms with Crippen molar-refractivity contribution in [3.05, 3.63) is 193 Å². The number of nitrogens with zero attached hydrogens (tertiary/aromatic N) is 2. The van der Waals surface area contributed by atoms with E-state index < -0.39 is 0 Å². The summed E-state index contributed by atoms with van der Waals surface area (Å²) in [4.78, 5) is 10.6. The molecule has 0 aliphatic heterocycles. The average molecular weight is 757 g/mol. The minimum atomic E-state index is -0.346. The van der Waals surface area contributed by atoms with Gasteiger partial charge in [0.25, 0.3) is 0 Å². The molecule has 0 bridgehead atoms. The summed E-state index contributed by atoms with van der Waals surface area (Å²) in [5.74, 6) is 0.692. The molecule has 0 saturated heterocycles. The SMILES string of the molecule is CC1(C)c2cc(-c3cccc4oc5ccccc5c34)ccc2-c2c(-c3cc(-c4ccccc4)nc(-c4ccccc4)n3)cc(-c3cccc4oc5ccccc5c34)cc21. The first-order valence-electron chi connectivity index (χ1n) is 20.1. The van der Waals surface area contributed by atoms with Crippen LogP contribution in [0.4, 0.5) is 0 Å². The highest BCUT2D eigenvalue weighted by atomic mass is 16.3. The molecule has 12 rings (SSSR count). The summed E-state index contributed by atoms with van der Waals surface area (Å²) >= 11 is 0. The zero-order chi connectivity index (χ0) is 39.2. The van der Waals surface area contributed by atoms with Crippen LogP contribution < -0.4 is 0 Å². The van der Waals surface area contributed by atoms with E-state index in [1.165, 1.54) is 22.3 Å². The summed E-state index contributed by atoms with van der Waals surface area (Å²) in [6, 6.07) is 64.1. The molecule has 4 nitrogen and oxygen atoms in total. The summed E-state index contributed by atoms with van der Waals surface area (Å²) in [5.41, 5.74) is 17.6. The lowest BCUT2D eigenvalue weighted by molar-refractivity contribution is 0.661. The topological polar surface area (TPSA) is 52.1 Å². The Labute approximate surface area is 341 Å². The predicted molar refractivity (Wildman–Crippen MR) is 241 cm³/mol. The van der Waals surface area contributed by atoms with Crippen molar-refractivity contribution in [2.24, 2.45) is 0 Å². The number of furan rings is 2. The molecule has 1 aliphatic rings. The van der Waals surface area contributed by atoms with E-state index in [9.17, 15) is 0 Å². The van der Waals surface area contributed by atoms with Crippen molar-refractivity contribution in [1.29, 1.82) is 0 Å². The van der Waals surface area contributed by atoms with Crippen molar-refractivity contribution in [3.8, 4) is 67.3 Å². The minimum Gasteiger partial charge on any atom is -0.456 e. The Kier molecular flexibility index (Phi) is 7.24. The van der Waals surface area contributed by atoms with E-state index >= 15 is 0 Å². The van der Waals surface area contributed by atoms with E-state index in [2.05, 4.69) is 153 Å². The van der Waals surface area contributed by atoms with Gasteiger partial charge in [-0.1, -0.05) is 147 Å². The lowest BCUT2D eigenvalue weighted by atomic mass is 9.80. The highest BCUT2D eigenvalue weighted by molar-refractivity contribution is 6.14. The molecule has 278 valence electrons. The van der Waals surface area contributed by atoms with Crippen LogP contribution in [0.3, 0.4) is 0 Å². The first-order valence-corrected chi connectivity index (χ1v) is 20.1. The van der Waals surface area contributed by atoms with Gasteiger partial charge in [-0.15, -0.1) is 0 Å². The van der Waals surface area contributed by atoms with E-state index in [4.69, 9.17) is 18.8 Å². The highest BCUT2D eigenvalue weighted by Crippen LogP contribution is 2.55. The second kappa shape index (κ2) is 12.7. The molecule has 0 saturated carbocycles. The maximum Gasteiger partial charge on any atom is 0.160 e. The Bertz CT molecular complexity index is 3410. The average Bonchev–Trinajstić information content (AvgIpc) is 3.94. The zero-order valence-corrected chi connectivity index (χ0v) is 32.5. The number of benzene rings is 8. The summed E-state index contributed by atoms with van der Waals surface area (Å²) in [7, 11) is 0. The molecule has 59 heavy (non-hydrogen) atoms. The van der Waals surface area contributed by atoms with Gasteiger partial charge in [-0.25, -0.2) is 9.97 Å². The first-order chi connectivity index (χ1) is 29.0. The standard InChI is InChI=1S/C55H36N2O2/c1-55(2)43-30-35(37-21-13-25-49-52(37)40-19-9-11-23-47(40)58-49)27-28-39(43)51-42(46-32-45(33-15-5-3-6-16-33)56-54(57-46)34-17-7-4-8-18-34)29-36(31-44(51)55)38-22-14-26-50-53(38)41-20-10-12-24-48(41)59-50/h3-32H,1-2H3. The molecule has 8 aromatic carbocycles. The van der Waals surface area contributed by atoms with Crippen LogP contribution >= 0.6 is 0 Å². The number of para-hydroxylation sites is 2. The molecule has 3 heterocycles. The van der Waals surface area contributed by atoms with Crippen LogP contribution in [0.2, 0.25) is 0 Å². The van der Waals surface area contributed by atoms with Crippen LogP contribution in [0, 0.1) is 0 Å². The molecular formula is C55H36N2O2. The molecule has 0 atom stereocenters. The van der Waals surface area contributed by atoms with Gasteiger partial charge in [-0.2, -0.15) is 0 Å². The van der Waals surface area contributed by atoms with Crippen LogP contribution in [0.15, 0.2) is 191 Å². The lowest BCUT2D eigenvalue weighted by Gasteiger charge is -2.23. The Morgan fingerprint density at radius 1 is 0.373 bits per heavy atom. The quantitative estimate of drug-likeness (QED) is 0.175. The Morgan fingerprint density at radius 2 is 0.915 bits per heavy atom. The normalized spacial score (nSPS) is 13.1. The minimum absolute atomic E-state index is 0.346. The van der Waals surface area contributed by atoms with Crippen molar-refractivity contribution < 1.29 is 8.83 Å². The Hall–Kier alpha value is -7.56. The molecule has 0 fully saturated rings. The van der Waals surface area contributed by atoms with Gasteiger partial charge < -0.3 is 8.83 Å². The van der Waals surface area contributed by atoms with Crippen LogP contribution in [-0.4, -0.2) is 9.97 Å². The molecular weight excluding hydrogens is 721 g/mol. The molecule has 0 N–H and O–H groups in total. The van der Waals surface area contributed by atoms with Gasteiger partial charge >= 0.3 is 0 Å². The summed E-state index contributed by atoms with van der Waals surface area (Å²) < 4.78 is 12.8. The fourth-order valence-electron chi connectivity index (χ4n) is 9.46. The van der Waals surface area contributed by atoms with E-state index in [1.54, 1.807) is 0 Å². The fourth-order valence-corrected chi connectivity index (χ4v) is 9.46. The van der Waals surface area contributed by atoms with Crippen molar-refractivity contribution >= 4 is 43.9 Å². The first kappa shape index (κ1) is 33.6. The van der Waals surface area contributed by atoms with E-state index in [0.717, 1.165) is 94.2 Å². The van der Waals surface area contributed by atoms with Crippen molar-refractivity contribution in [2.45, 2.75) is 19.3 Å². The summed E-state index contributed by atoms with van der Waals surface area (Å²) in [5, 5.41) is 4.49. The van der Waals surface area contributed by atoms with Crippen LogP contribution in [-0.2, 0) is 5.41 Å². The van der Waals surface area contributed by atoms with Gasteiger partial charge in [-0.05, 0) is 93.0 Å². The van der Waals surface area contributed by atoms with Crippen molar-refractivity contribution in [2.75, 3.05) is 0 Å². The highest BCUT2D eigenvalue weighted by Gasteiger charge is 2.38. The van der Waals surface area contributed by atoms with Gasteiger partial charge in [0, 0.05) is 43.7 Å². The maximum absolute atomic E-state index is 6.42. The molecule has 1 aliphatic carbocycles. The monoisotopic (exact) mass is 756 g/mol. The van der Waals surface area contributed by atoms with E-state index in [1.807, 2.05) is 42.5 Å². The lowest BCUT2D eigenvalue weighted by Crippen LogP contribution is -2.15. The van der Waals surface area contributed by atoms with Gasteiger partial charge in [0.2, 0.25) is 0 Å². The fraction of sp³-hybridized carbons (Fsp3) is 0.0545. The third-order valence-corrected chi connectivity index (χ3v) is 12.3. The van der Waals surface area contributed by atoms with Crippen LogP contribution in [0.25, 0.3) is 111 Å². The Morgan fingerprint density at radius 3 is 1.58 bits per heavy atom. The van der Waals surface area contributed by atoms with Gasteiger partial charge in [0.1, 0.15) is 22.3 Å². The van der Waals surface area contributed by atoms with Crippen molar-refractivity contribution in [3.63, 3.8) is 0 Å². The van der Waals surface area contributed by atoms with Gasteiger partial charge in [-0.3, -0.25) is 0 Å². The number of aromatic nitrogens is 2. The molecule has 0 amide bonds. The largest absolute Gasteiger partial charge is 0.456 e. The van der Waals surface area contributed by atoms with Crippen LogP contribution in [0.5, 0.6) is 0 Å². The number of fused-ring (bicyclic) bond motifs is 9. The zero-order valence-electron chi connectivity index (χ0n) is 32.5. The molecule has 4 heteroatoms. The maximum atomic E-state index is 6.42. The second-order valence-electron chi connectivity index (χ2n) is 16.1. The van der Waals surface area contributed by atoms with Crippen molar-refractivity contribution in [1.82, 2.24) is 9.97 Å². The molecule has 0 radical (unpaired) electrons. The molecule has 0 spiro atoms. The number of rotatable bonds is 5. The second-order valence-corrected chi connectivity index (χ2v) is 16.1. The summed E-state index contributed by atoms with van der Waals surface area (Å²) in [6.07, 6.45) is 0. The number of hydrogen-bond acceptors (Lipinski definition) is 4. The predicted octanol–water partition coefficient (Wildman–Crippen LogP) is 14.9. The molecule has 11 aromatic rings. The molecule has 0 unspecified atom stereocenters. The third kappa shape index (κ3) is 5.16. The van der Waals surface area contributed by atoms with E-state index in [0.29, 0.717) is 5.82 Å². The van der Waals surface area contributed by atoms with Gasteiger partial charge in [0.15, 0.2) is 5.82 Å². The third-order valence-electron chi connectivity index (χ3n) is 12.3. The molecule has 3 aromatic heterocycles. The summed E-state index contributed by atoms with van der Waals surface area (Å²) in [6.45, 7) is 4.73. The van der Waals surface area contributed by atoms with E-state index in [-0.39, 0.29) is 5.41 Å². The number of hydrogen-bond donors (Lipinski definition) is 0. The van der Waals surface area contributed by atoms with Gasteiger partial charge in [0.05, 0.1) is 11.4 Å². The van der Waals surface area contributed by atoms with Crippen LogP contribution in [0.1, 0.15) is 25.0 Å². The Balaban J connectivity index is 1.14. The smallest absolute Gasteiger partial charge is 0.160 e.